The zero-order valence-electron chi connectivity index (χ0n) is 7.18. The molecule has 0 unspecified atom stereocenters. The van der Waals surface area contributed by atoms with Gasteiger partial charge in [0.25, 0.3) is 0 Å². The average Bonchev–Trinajstić information content (AvgIpc) is 2.31. The molecule has 0 amide bonds. The number of carbonyl (C=O) groups excluding carboxylic acids is 1. The molecule has 0 aliphatic heterocycles. The van der Waals surface area contributed by atoms with Gasteiger partial charge in [-0.3, -0.25) is 4.79 Å². The zero-order valence-corrected chi connectivity index (χ0v) is 7.18. The maximum Gasteiger partial charge on any atom is 0.157 e. The predicted molar refractivity (Wildman–Crippen MR) is 45.2 cm³/mol. The Kier molecular flexibility index (Phi) is 2.69. The van der Waals surface area contributed by atoms with Gasteiger partial charge < -0.3 is 5.32 Å². The third kappa shape index (κ3) is 2.74. The van der Waals surface area contributed by atoms with E-state index in [2.05, 4.69) is 19.2 Å². The Morgan fingerprint density at radius 2 is 2.27 bits per heavy atom. The van der Waals surface area contributed by atoms with Crippen LogP contribution in [0.15, 0.2) is 11.8 Å². The van der Waals surface area contributed by atoms with Gasteiger partial charge in [0.1, 0.15) is 0 Å². The molecule has 1 aliphatic carbocycles. The monoisotopic (exact) mass is 153 g/mol. The number of ketones is 1. The minimum absolute atomic E-state index is 0.260. The van der Waals surface area contributed by atoms with Crippen molar-refractivity contribution in [3.8, 4) is 0 Å². The summed E-state index contributed by atoms with van der Waals surface area (Å²) >= 11 is 0. The van der Waals surface area contributed by atoms with Crippen molar-refractivity contribution in [2.24, 2.45) is 5.92 Å². The third-order valence-electron chi connectivity index (χ3n) is 1.71. The average molecular weight is 153 g/mol. The summed E-state index contributed by atoms with van der Waals surface area (Å²) in [5.74, 6) is 0.905. The van der Waals surface area contributed by atoms with Crippen molar-refractivity contribution in [3.63, 3.8) is 0 Å². The van der Waals surface area contributed by atoms with Crippen LogP contribution in [0.1, 0.15) is 26.7 Å². The van der Waals surface area contributed by atoms with Crippen molar-refractivity contribution < 1.29 is 4.79 Å². The number of hydrogen-bond acceptors (Lipinski definition) is 2. The Bertz CT molecular complexity index is 182. The van der Waals surface area contributed by atoms with E-state index in [0.717, 1.165) is 18.7 Å². The molecule has 0 aromatic heterocycles. The van der Waals surface area contributed by atoms with E-state index in [1.54, 1.807) is 6.08 Å². The van der Waals surface area contributed by atoms with Crippen molar-refractivity contribution in [3.05, 3.63) is 11.8 Å². The molecule has 0 aromatic rings. The van der Waals surface area contributed by atoms with E-state index in [4.69, 9.17) is 0 Å². The molecule has 0 saturated carbocycles. The highest BCUT2D eigenvalue weighted by Crippen LogP contribution is 2.11. The molecule has 11 heavy (non-hydrogen) atoms. The molecule has 1 N–H and O–H groups in total. The lowest BCUT2D eigenvalue weighted by Gasteiger charge is -2.08. The molecule has 0 bridgehead atoms. The summed E-state index contributed by atoms with van der Waals surface area (Å²) in [6, 6.07) is 0. The van der Waals surface area contributed by atoms with Crippen LogP contribution in [0.4, 0.5) is 0 Å². The molecule has 62 valence electrons. The van der Waals surface area contributed by atoms with Crippen molar-refractivity contribution in [1.82, 2.24) is 5.32 Å². The van der Waals surface area contributed by atoms with Crippen molar-refractivity contribution in [2.75, 3.05) is 6.54 Å². The summed E-state index contributed by atoms with van der Waals surface area (Å²) in [4.78, 5) is 10.8. The highest BCUT2D eigenvalue weighted by atomic mass is 16.1. The van der Waals surface area contributed by atoms with Gasteiger partial charge in [-0.2, -0.15) is 0 Å². The SMILES string of the molecule is CC(C)CNC1=CC(=O)CC1. The van der Waals surface area contributed by atoms with Gasteiger partial charge in [0.05, 0.1) is 0 Å². The van der Waals surface area contributed by atoms with E-state index in [1.165, 1.54) is 0 Å². The summed E-state index contributed by atoms with van der Waals surface area (Å²) in [6.07, 6.45) is 3.33. The molecule has 0 aromatic carbocycles. The van der Waals surface area contributed by atoms with E-state index in [1.807, 2.05) is 0 Å². The summed E-state index contributed by atoms with van der Waals surface area (Å²) in [5.41, 5.74) is 1.11. The fraction of sp³-hybridized carbons (Fsp3) is 0.667. The number of nitrogens with one attached hydrogen (secondary N) is 1. The molecular weight excluding hydrogens is 138 g/mol. The zero-order chi connectivity index (χ0) is 8.27. The second-order valence-electron chi connectivity index (χ2n) is 3.41. The highest BCUT2D eigenvalue weighted by Gasteiger charge is 2.10. The molecule has 2 nitrogen and oxygen atoms in total. The van der Waals surface area contributed by atoms with Crippen molar-refractivity contribution in [2.45, 2.75) is 26.7 Å². The number of allylic oxidation sites excluding steroid dienone is 2. The lowest BCUT2D eigenvalue weighted by atomic mass is 10.2. The topological polar surface area (TPSA) is 29.1 Å². The molecule has 0 saturated heterocycles. The normalized spacial score (nSPS) is 17.4. The first-order chi connectivity index (χ1) is 5.18. The minimum atomic E-state index is 0.260. The van der Waals surface area contributed by atoms with Gasteiger partial charge in [-0.15, -0.1) is 0 Å². The Labute approximate surface area is 67.7 Å². The quantitative estimate of drug-likeness (QED) is 0.665. The summed E-state index contributed by atoms with van der Waals surface area (Å²) in [7, 11) is 0. The second-order valence-corrected chi connectivity index (χ2v) is 3.41. The van der Waals surface area contributed by atoms with Crippen LogP contribution in [0.5, 0.6) is 0 Å². The van der Waals surface area contributed by atoms with E-state index in [9.17, 15) is 4.79 Å². The van der Waals surface area contributed by atoms with Crippen LogP contribution < -0.4 is 5.32 Å². The third-order valence-corrected chi connectivity index (χ3v) is 1.71. The predicted octanol–water partition coefficient (Wildman–Crippen LogP) is 1.48. The second kappa shape index (κ2) is 3.56. The van der Waals surface area contributed by atoms with Crippen LogP contribution in [0.25, 0.3) is 0 Å². The largest absolute Gasteiger partial charge is 0.388 e. The van der Waals surface area contributed by atoms with Crippen molar-refractivity contribution >= 4 is 5.78 Å². The fourth-order valence-electron chi connectivity index (χ4n) is 1.07. The van der Waals surface area contributed by atoms with Gasteiger partial charge in [0.2, 0.25) is 0 Å². The lowest BCUT2D eigenvalue weighted by Crippen LogP contribution is -2.17. The minimum Gasteiger partial charge on any atom is -0.388 e. The lowest BCUT2D eigenvalue weighted by molar-refractivity contribution is -0.114. The molecule has 0 spiro atoms. The first-order valence-corrected chi connectivity index (χ1v) is 4.16. The van der Waals surface area contributed by atoms with Crippen LogP contribution in [0.2, 0.25) is 0 Å². The standard InChI is InChI=1S/C9H15NO/c1-7(2)6-10-8-3-4-9(11)5-8/h5,7,10H,3-4,6H2,1-2H3. The Morgan fingerprint density at radius 3 is 2.73 bits per heavy atom. The Hall–Kier alpha value is -0.790. The van der Waals surface area contributed by atoms with Gasteiger partial charge in [-0.1, -0.05) is 13.8 Å². The van der Waals surface area contributed by atoms with Crippen LogP contribution in [-0.4, -0.2) is 12.3 Å². The summed E-state index contributed by atoms with van der Waals surface area (Å²) < 4.78 is 0. The molecule has 0 atom stereocenters. The number of carbonyl (C=O) groups is 1. The van der Waals surface area contributed by atoms with Gasteiger partial charge >= 0.3 is 0 Å². The first kappa shape index (κ1) is 8.31. The molecule has 0 heterocycles. The summed E-state index contributed by atoms with van der Waals surface area (Å²) in [5, 5.41) is 3.25. The molecule has 1 rings (SSSR count). The van der Waals surface area contributed by atoms with Gasteiger partial charge in [0, 0.05) is 24.7 Å². The van der Waals surface area contributed by atoms with E-state index >= 15 is 0 Å². The Balaban J connectivity index is 2.27. The van der Waals surface area contributed by atoms with E-state index in [0.29, 0.717) is 12.3 Å². The molecule has 0 radical (unpaired) electrons. The van der Waals surface area contributed by atoms with Gasteiger partial charge in [-0.25, -0.2) is 0 Å². The highest BCUT2D eigenvalue weighted by molar-refractivity contribution is 5.92. The first-order valence-electron chi connectivity index (χ1n) is 4.16. The molecular formula is C9H15NO. The van der Waals surface area contributed by atoms with Crippen LogP contribution in [0.3, 0.4) is 0 Å². The molecule has 0 fully saturated rings. The maximum absolute atomic E-state index is 10.8. The molecule has 1 aliphatic rings. The smallest absolute Gasteiger partial charge is 0.157 e. The fourth-order valence-corrected chi connectivity index (χ4v) is 1.07. The molecule has 2 heteroatoms. The number of hydrogen-bond donors (Lipinski definition) is 1. The van der Waals surface area contributed by atoms with Crippen LogP contribution in [-0.2, 0) is 4.79 Å². The van der Waals surface area contributed by atoms with Crippen molar-refractivity contribution in [1.29, 1.82) is 0 Å². The van der Waals surface area contributed by atoms with E-state index in [-0.39, 0.29) is 5.78 Å². The Morgan fingerprint density at radius 1 is 1.55 bits per heavy atom. The van der Waals surface area contributed by atoms with Crippen LogP contribution >= 0.6 is 0 Å². The van der Waals surface area contributed by atoms with Crippen LogP contribution in [0, 0.1) is 5.92 Å². The maximum atomic E-state index is 10.8. The van der Waals surface area contributed by atoms with E-state index < -0.39 is 0 Å². The number of rotatable bonds is 3. The summed E-state index contributed by atoms with van der Waals surface area (Å²) in [6.45, 7) is 5.29. The van der Waals surface area contributed by atoms with Gasteiger partial charge in [-0.05, 0) is 12.3 Å². The van der Waals surface area contributed by atoms with Gasteiger partial charge in [0.15, 0.2) is 5.78 Å².